The third kappa shape index (κ3) is 2.72. The van der Waals surface area contributed by atoms with Gasteiger partial charge in [-0.1, -0.05) is 0 Å². The molecule has 0 saturated heterocycles. The Hall–Kier alpha value is -1.03. The monoisotopic (exact) mass is 224 g/mol. The van der Waals surface area contributed by atoms with Gasteiger partial charge in [0.2, 0.25) is 0 Å². The van der Waals surface area contributed by atoms with E-state index in [2.05, 4.69) is 28.3 Å². The maximum atomic E-state index is 11.4. The zero-order valence-corrected chi connectivity index (χ0v) is 9.69. The number of hydrogen-bond donors (Lipinski definition) is 2. The highest BCUT2D eigenvalue weighted by Gasteiger charge is 2.18. The van der Waals surface area contributed by atoms with Gasteiger partial charge in [0.05, 0.1) is 0 Å². The van der Waals surface area contributed by atoms with Crippen molar-refractivity contribution in [2.75, 3.05) is 0 Å². The lowest BCUT2D eigenvalue weighted by molar-refractivity contribution is 0.228. The molecule has 1 aromatic rings. The largest absolute Gasteiger partial charge is 0.335 e. The maximum absolute atomic E-state index is 11.4. The fourth-order valence-corrected chi connectivity index (χ4v) is 2.39. The van der Waals surface area contributed by atoms with Gasteiger partial charge in [-0.05, 0) is 48.1 Å². The van der Waals surface area contributed by atoms with Crippen molar-refractivity contribution in [1.82, 2.24) is 10.6 Å². The minimum Gasteiger partial charge on any atom is -0.335 e. The van der Waals surface area contributed by atoms with Crippen LogP contribution in [-0.4, -0.2) is 12.1 Å². The average Bonchev–Trinajstić information content (AvgIpc) is 2.55. The molecule has 0 bridgehead atoms. The van der Waals surface area contributed by atoms with Crippen molar-refractivity contribution in [2.24, 2.45) is 0 Å². The summed E-state index contributed by atoms with van der Waals surface area (Å²) >= 11 is 1.68. The summed E-state index contributed by atoms with van der Waals surface area (Å²) in [6, 6.07) is 0.374. The van der Waals surface area contributed by atoms with Crippen molar-refractivity contribution >= 4 is 17.4 Å². The Balaban J connectivity index is 1.73. The van der Waals surface area contributed by atoms with Crippen molar-refractivity contribution in [3.63, 3.8) is 0 Å². The smallest absolute Gasteiger partial charge is 0.315 e. The molecule has 1 aliphatic carbocycles. The first-order valence-electron chi connectivity index (χ1n) is 5.32. The van der Waals surface area contributed by atoms with E-state index in [1.807, 2.05) is 0 Å². The summed E-state index contributed by atoms with van der Waals surface area (Å²) in [6.07, 6.45) is 3.50. The Labute approximate surface area is 93.9 Å². The molecule has 0 aliphatic heterocycles. The molecule has 1 heterocycles. The van der Waals surface area contributed by atoms with Crippen LogP contribution in [0, 0.1) is 6.92 Å². The molecule has 1 saturated carbocycles. The third-order valence-electron chi connectivity index (χ3n) is 2.84. The van der Waals surface area contributed by atoms with Gasteiger partial charge in [-0.3, -0.25) is 0 Å². The van der Waals surface area contributed by atoms with Crippen LogP contribution in [0.25, 0.3) is 0 Å². The molecule has 0 radical (unpaired) electrons. The van der Waals surface area contributed by atoms with Gasteiger partial charge in [-0.2, -0.15) is 11.3 Å². The molecule has 0 unspecified atom stereocenters. The van der Waals surface area contributed by atoms with Crippen LogP contribution in [0.4, 0.5) is 4.79 Å². The number of hydrogen-bond acceptors (Lipinski definition) is 2. The van der Waals surface area contributed by atoms with E-state index in [-0.39, 0.29) is 6.03 Å². The van der Waals surface area contributed by atoms with E-state index >= 15 is 0 Å². The van der Waals surface area contributed by atoms with E-state index in [1.165, 1.54) is 17.5 Å². The molecule has 82 valence electrons. The summed E-state index contributed by atoms with van der Waals surface area (Å²) in [6.45, 7) is 2.70. The van der Waals surface area contributed by atoms with E-state index in [1.54, 1.807) is 11.3 Å². The molecule has 0 atom stereocenters. The van der Waals surface area contributed by atoms with E-state index < -0.39 is 0 Å². The lowest BCUT2D eigenvalue weighted by Crippen LogP contribution is -2.44. The van der Waals surface area contributed by atoms with Crippen LogP contribution >= 0.6 is 11.3 Å². The molecule has 0 spiro atoms. The highest BCUT2D eigenvalue weighted by Crippen LogP contribution is 2.17. The number of carbonyl (C=O) groups is 1. The van der Waals surface area contributed by atoms with Crippen LogP contribution in [0.1, 0.15) is 30.4 Å². The predicted molar refractivity (Wildman–Crippen MR) is 62.1 cm³/mol. The summed E-state index contributed by atoms with van der Waals surface area (Å²) in [4.78, 5) is 11.4. The molecule has 2 rings (SSSR count). The normalized spacial score (nSPS) is 15.8. The van der Waals surface area contributed by atoms with Gasteiger partial charge in [0, 0.05) is 12.6 Å². The lowest BCUT2D eigenvalue weighted by Gasteiger charge is -2.26. The van der Waals surface area contributed by atoms with Gasteiger partial charge in [-0.25, -0.2) is 4.79 Å². The van der Waals surface area contributed by atoms with Crippen LogP contribution < -0.4 is 10.6 Å². The summed E-state index contributed by atoms with van der Waals surface area (Å²) in [5.41, 5.74) is 2.47. The fraction of sp³-hybridized carbons (Fsp3) is 0.545. The Kier molecular flexibility index (Phi) is 3.26. The second kappa shape index (κ2) is 4.66. The zero-order valence-electron chi connectivity index (χ0n) is 8.88. The maximum Gasteiger partial charge on any atom is 0.315 e. The molecule has 1 aliphatic rings. The van der Waals surface area contributed by atoms with Crippen molar-refractivity contribution < 1.29 is 4.79 Å². The zero-order chi connectivity index (χ0) is 10.7. The van der Waals surface area contributed by atoms with Gasteiger partial charge in [0.25, 0.3) is 0 Å². The molecule has 4 heteroatoms. The predicted octanol–water partition coefficient (Wildman–Crippen LogP) is 2.41. The number of aryl methyl sites for hydroxylation is 1. The Morgan fingerprint density at radius 1 is 1.53 bits per heavy atom. The summed E-state index contributed by atoms with van der Waals surface area (Å²) in [5, 5.41) is 10.0. The second-order valence-corrected chi connectivity index (χ2v) is 4.78. The van der Waals surface area contributed by atoms with E-state index in [0.717, 1.165) is 12.8 Å². The fourth-order valence-electron chi connectivity index (χ4n) is 1.53. The number of urea groups is 1. The van der Waals surface area contributed by atoms with Crippen molar-refractivity contribution in [3.8, 4) is 0 Å². The molecule has 3 nitrogen and oxygen atoms in total. The molecule has 2 N–H and O–H groups in total. The SMILES string of the molecule is Cc1cscc1CNC(=O)NC1CCC1. The second-order valence-electron chi connectivity index (χ2n) is 4.03. The van der Waals surface area contributed by atoms with Crippen LogP contribution in [0.15, 0.2) is 10.8 Å². The summed E-state index contributed by atoms with van der Waals surface area (Å²) < 4.78 is 0. The summed E-state index contributed by atoms with van der Waals surface area (Å²) in [5.74, 6) is 0. The van der Waals surface area contributed by atoms with Gasteiger partial charge in [0.15, 0.2) is 0 Å². The average molecular weight is 224 g/mol. The minimum atomic E-state index is -0.0368. The quantitative estimate of drug-likeness (QED) is 0.813. The Morgan fingerprint density at radius 3 is 2.87 bits per heavy atom. The third-order valence-corrected chi connectivity index (χ3v) is 3.75. The van der Waals surface area contributed by atoms with Crippen LogP contribution in [0.5, 0.6) is 0 Å². The molecular formula is C11H16N2OS. The van der Waals surface area contributed by atoms with Gasteiger partial charge >= 0.3 is 6.03 Å². The van der Waals surface area contributed by atoms with Crippen LogP contribution in [0.3, 0.4) is 0 Å². The van der Waals surface area contributed by atoms with Crippen molar-refractivity contribution in [1.29, 1.82) is 0 Å². The minimum absolute atomic E-state index is 0.0368. The number of amides is 2. The van der Waals surface area contributed by atoms with Crippen LogP contribution in [0.2, 0.25) is 0 Å². The van der Waals surface area contributed by atoms with E-state index in [0.29, 0.717) is 12.6 Å². The van der Waals surface area contributed by atoms with Gasteiger partial charge in [-0.15, -0.1) is 0 Å². The number of nitrogens with one attached hydrogen (secondary N) is 2. The first kappa shape index (κ1) is 10.5. The lowest BCUT2D eigenvalue weighted by atomic mass is 9.93. The van der Waals surface area contributed by atoms with Gasteiger partial charge in [0.1, 0.15) is 0 Å². The summed E-state index contributed by atoms with van der Waals surface area (Å²) in [7, 11) is 0. The molecule has 0 aromatic carbocycles. The molecule has 15 heavy (non-hydrogen) atoms. The van der Waals surface area contributed by atoms with Crippen molar-refractivity contribution in [2.45, 2.75) is 38.8 Å². The first-order chi connectivity index (χ1) is 7.25. The first-order valence-corrected chi connectivity index (χ1v) is 6.26. The number of carbonyl (C=O) groups excluding carboxylic acids is 1. The number of rotatable bonds is 3. The topological polar surface area (TPSA) is 41.1 Å². The molecule has 1 fully saturated rings. The van der Waals surface area contributed by atoms with Crippen molar-refractivity contribution in [3.05, 3.63) is 21.9 Å². The molecule has 1 aromatic heterocycles. The Morgan fingerprint density at radius 2 is 2.33 bits per heavy atom. The Bertz CT molecular complexity index is 344. The molecule has 2 amide bonds. The van der Waals surface area contributed by atoms with E-state index in [4.69, 9.17) is 0 Å². The molecular weight excluding hydrogens is 208 g/mol. The number of thiophene rings is 1. The van der Waals surface area contributed by atoms with Crippen LogP contribution in [-0.2, 0) is 6.54 Å². The highest BCUT2D eigenvalue weighted by molar-refractivity contribution is 7.08. The van der Waals surface area contributed by atoms with E-state index in [9.17, 15) is 4.79 Å². The van der Waals surface area contributed by atoms with Gasteiger partial charge < -0.3 is 10.6 Å². The highest BCUT2D eigenvalue weighted by atomic mass is 32.1. The standard InChI is InChI=1S/C11H16N2OS/c1-8-6-15-7-9(8)5-12-11(14)13-10-3-2-4-10/h6-7,10H,2-5H2,1H3,(H2,12,13,14).